The summed E-state index contributed by atoms with van der Waals surface area (Å²) in [4.78, 5) is 56.3. The van der Waals surface area contributed by atoms with Gasteiger partial charge in [-0.25, -0.2) is 14.6 Å². The predicted molar refractivity (Wildman–Crippen MR) is 129 cm³/mol. The number of ether oxygens (including phenoxy) is 3. The van der Waals surface area contributed by atoms with E-state index in [1.165, 1.54) is 24.8 Å². The standard InChI is InChI=1S/C22H25N3O7S2/c1-6-31-21(28)16-11(2)13(4)33-19(16)24-14(26)9-25-10-23-18-15(20(25)27)12(3)17(34-18)22(29)32-8-7-30-5/h10H,6-9H2,1-5H3,(H,24,26). The van der Waals surface area contributed by atoms with Gasteiger partial charge in [-0.05, 0) is 38.8 Å². The molecule has 0 aliphatic heterocycles. The Bertz CT molecular complexity index is 1310. The molecule has 3 aromatic heterocycles. The van der Waals surface area contributed by atoms with Crippen LogP contribution in [0.25, 0.3) is 10.2 Å². The van der Waals surface area contributed by atoms with E-state index in [1.807, 2.05) is 6.92 Å². The number of aryl methyl sites for hydroxylation is 2. The Balaban J connectivity index is 1.84. The zero-order valence-electron chi connectivity index (χ0n) is 19.5. The highest BCUT2D eigenvalue weighted by atomic mass is 32.1. The van der Waals surface area contributed by atoms with E-state index in [0.717, 1.165) is 26.3 Å². The highest BCUT2D eigenvalue weighted by Gasteiger charge is 2.24. The number of anilines is 1. The minimum Gasteiger partial charge on any atom is -0.462 e. The van der Waals surface area contributed by atoms with Crippen LogP contribution in [0, 0.1) is 20.8 Å². The lowest BCUT2D eigenvalue weighted by Gasteiger charge is -2.08. The lowest BCUT2D eigenvalue weighted by molar-refractivity contribution is -0.116. The highest BCUT2D eigenvalue weighted by Crippen LogP contribution is 2.33. The number of carbonyl (C=O) groups is 3. The van der Waals surface area contributed by atoms with Crippen LogP contribution in [0.2, 0.25) is 0 Å². The van der Waals surface area contributed by atoms with Gasteiger partial charge in [0.1, 0.15) is 27.9 Å². The van der Waals surface area contributed by atoms with Crippen LogP contribution in [0.15, 0.2) is 11.1 Å². The molecule has 0 aromatic carbocycles. The molecule has 0 aliphatic rings. The van der Waals surface area contributed by atoms with Crippen molar-refractivity contribution in [2.24, 2.45) is 0 Å². The number of carbonyl (C=O) groups excluding carboxylic acids is 3. The van der Waals surface area contributed by atoms with Crippen molar-refractivity contribution in [3.05, 3.63) is 43.1 Å². The fourth-order valence-electron chi connectivity index (χ4n) is 3.23. The van der Waals surface area contributed by atoms with Gasteiger partial charge >= 0.3 is 11.9 Å². The topological polar surface area (TPSA) is 126 Å². The lowest BCUT2D eigenvalue weighted by Crippen LogP contribution is -2.28. The first-order valence-electron chi connectivity index (χ1n) is 10.4. The molecule has 0 bridgehead atoms. The number of methoxy groups -OCH3 is 1. The molecule has 0 unspecified atom stereocenters. The number of thiophene rings is 2. The number of hydrogen-bond donors (Lipinski definition) is 1. The average molecular weight is 508 g/mol. The van der Waals surface area contributed by atoms with Crippen molar-refractivity contribution < 1.29 is 28.6 Å². The summed E-state index contributed by atoms with van der Waals surface area (Å²) in [7, 11) is 1.50. The Morgan fingerprint density at radius 1 is 1.06 bits per heavy atom. The molecule has 3 rings (SSSR count). The zero-order chi connectivity index (χ0) is 25.0. The third-order valence-corrected chi connectivity index (χ3v) is 7.36. The van der Waals surface area contributed by atoms with Gasteiger partial charge in [0.2, 0.25) is 5.91 Å². The molecule has 0 spiro atoms. The largest absolute Gasteiger partial charge is 0.462 e. The summed E-state index contributed by atoms with van der Waals surface area (Å²) in [5.41, 5.74) is 1.04. The van der Waals surface area contributed by atoms with Gasteiger partial charge in [-0.15, -0.1) is 22.7 Å². The second-order valence-corrected chi connectivity index (χ2v) is 9.52. The molecule has 0 saturated heterocycles. The second-order valence-electron chi connectivity index (χ2n) is 7.30. The van der Waals surface area contributed by atoms with Crippen LogP contribution in [0.1, 0.15) is 43.0 Å². The fraction of sp³-hybridized carbons (Fsp3) is 0.409. The van der Waals surface area contributed by atoms with E-state index in [0.29, 0.717) is 21.0 Å². The van der Waals surface area contributed by atoms with Crippen molar-refractivity contribution in [3.8, 4) is 0 Å². The smallest absolute Gasteiger partial charge is 0.348 e. The van der Waals surface area contributed by atoms with Crippen LogP contribution in [0.5, 0.6) is 0 Å². The Kier molecular flexibility index (Phi) is 8.18. The van der Waals surface area contributed by atoms with E-state index in [2.05, 4.69) is 10.3 Å². The third kappa shape index (κ3) is 5.18. The number of rotatable bonds is 9. The molecule has 12 heteroatoms. The second kappa shape index (κ2) is 10.9. The number of hydrogen-bond acceptors (Lipinski definition) is 10. The number of amides is 1. The zero-order valence-corrected chi connectivity index (χ0v) is 21.1. The van der Waals surface area contributed by atoms with Gasteiger partial charge in [0.25, 0.3) is 5.56 Å². The number of nitrogens with one attached hydrogen (secondary N) is 1. The molecular weight excluding hydrogens is 482 g/mol. The van der Waals surface area contributed by atoms with E-state index in [9.17, 15) is 19.2 Å². The van der Waals surface area contributed by atoms with Crippen molar-refractivity contribution >= 4 is 55.7 Å². The van der Waals surface area contributed by atoms with Crippen molar-refractivity contribution in [1.29, 1.82) is 0 Å². The van der Waals surface area contributed by atoms with E-state index >= 15 is 0 Å². The molecule has 1 amide bonds. The molecule has 0 saturated carbocycles. The Morgan fingerprint density at radius 3 is 2.47 bits per heavy atom. The number of fused-ring (bicyclic) bond motifs is 1. The predicted octanol–water partition coefficient (Wildman–Crippen LogP) is 3.06. The maximum atomic E-state index is 13.1. The normalized spacial score (nSPS) is 11.0. The molecule has 182 valence electrons. The molecule has 1 N–H and O–H groups in total. The van der Waals surface area contributed by atoms with Gasteiger partial charge in [-0.1, -0.05) is 0 Å². The van der Waals surface area contributed by atoms with Crippen molar-refractivity contribution in [1.82, 2.24) is 9.55 Å². The van der Waals surface area contributed by atoms with Crippen molar-refractivity contribution in [3.63, 3.8) is 0 Å². The summed E-state index contributed by atoms with van der Waals surface area (Å²) in [5.74, 6) is -1.57. The summed E-state index contributed by atoms with van der Waals surface area (Å²) in [6.45, 7) is 7.23. The van der Waals surface area contributed by atoms with Gasteiger partial charge < -0.3 is 19.5 Å². The van der Waals surface area contributed by atoms with Crippen LogP contribution in [0.3, 0.4) is 0 Å². The first-order chi connectivity index (χ1) is 16.2. The monoisotopic (exact) mass is 507 g/mol. The molecule has 0 aliphatic carbocycles. The number of aromatic nitrogens is 2. The Labute approximate surface area is 203 Å². The summed E-state index contributed by atoms with van der Waals surface area (Å²) in [6, 6.07) is 0. The quantitative estimate of drug-likeness (QED) is 0.346. The minimum absolute atomic E-state index is 0.0936. The van der Waals surface area contributed by atoms with E-state index in [4.69, 9.17) is 14.2 Å². The van der Waals surface area contributed by atoms with Crippen LogP contribution < -0.4 is 10.9 Å². The molecule has 3 aromatic rings. The number of esters is 2. The molecule has 0 atom stereocenters. The summed E-state index contributed by atoms with van der Waals surface area (Å²) < 4.78 is 16.3. The van der Waals surface area contributed by atoms with Crippen LogP contribution in [-0.2, 0) is 25.5 Å². The Morgan fingerprint density at radius 2 is 1.79 bits per heavy atom. The summed E-state index contributed by atoms with van der Waals surface area (Å²) in [6.07, 6.45) is 1.26. The van der Waals surface area contributed by atoms with Crippen LogP contribution in [0.4, 0.5) is 5.00 Å². The number of nitrogens with zero attached hydrogens (tertiary/aromatic N) is 2. The molecule has 0 radical (unpaired) electrons. The maximum absolute atomic E-state index is 13.1. The Hall–Kier alpha value is -3.09. The first-order valence-corrected chi connectivity index (χ1v) is 12.0. The third-order valence-electron chi connectivity index (χ3n) is 5.06. The summed E-state index contributed by atoms with van der Waals surface area (Å²) in [5, 5.41) is 3.34. The highest BCUT2D eigenvalue weighted by molar-refractivity contribution is 7.20. The van der Waals surface area contributed by atoms with E-state index in [1.54, 1.807) is 20.8 Å². The molecule has 3 heterocycles. The van der Waals surface area contributed by atoms with E-state index < -0.39 is 23.4 Å². The molecule has 0 fully saturated rings. The average Bonchev–Trinajstić information content (AvgIpc) is 3.26. The van der Waals surface area contributed by atoms with Crippen LogP contribution in [-0.4, -0.2) is 54.3 Å². The first kappa shape index (κ1) is 25.5. The lowest BCUT2D eigenvalue weighted by atomic mass is 10.1. The van der Waals surface area contributed by atoms with Gasteiger partial charge in [-0.3, -0.25) is 14.2 Å². The van der Waals surface area contributed by atoms with Crippen molar-refractivity contribution in [2.45, 2.75) is 34.2 Å². The van der Waals surface area contributed by atoms with Gasteiger partial charge in [-0.2, -0.15) is 0 Å². The SMILES string of the molecule is CCOC(=O)c1c(NC(=O)Cn2cnc3sc(C(=O)OCCOC)c(C)c3c2=O)sc(C)c1C. The van der Waals surface area contributed by atoms with Gasteiger partial charge in [0.15, 0.2) is 0 Å². The minimum atomic E-state index is -0.559. The summed E-state index contributed by atoms with van der Waals surface area (Å²) >= 11 is 2.32. The van der Waals surface area contributed by atoms with Crippen molar-refractivity contribution in [2.75, 3.05) is 32.2 Å². The molecular formula is C22H25N3O7S2. The molecule has 34 heavy (non-hydrogen) atoms. The van der Waals surface area contributed by atoms with E-state index in [-0.39, 0.29) is 36.6 Å². The maximum Gasteiger partial charge on any atom is 0.348 e. The fourth-order valence-corrected chi connectivity index (χ4v) is 5.33. The van der Waals surface area contributed by atoms with Gasteiger partial charge in [0.05, 0.1) is 30.5 Å². The van der Waals surface area contributed by atoms with Gasteiger partial charge in [0, 0.05) is 12.0 Å². The van der Waals surface area contributed by atoms with Crippen LogP contribution >= 0.6 is 22.7 Å². The molecule has 10 nitrogen and oxygen atoms in total.